The first kappa shape index (κ1) is 21.3. The lowest BCUT2D eigenvalue weighted by molar-refractivity contribution is -0.121. The molecule has 1 aliphatic carbocycles. The van der Waals surface area contributed by atoms with Gasteiger partial charge in [-0.1, -0.05) is 19.3 Å². The van der Waals surface area contributed by atoms with Gasteiger partial charge >= 0.3 is 0 Å². The van der Waals surface area contributed by atoms with Crippen molar-refractivity contribution in [2.45, 2.75) is 57.5 Å². The standard InChI is InChI=1S/C13H27N3O.2ClH/c1-11(14)10-13(17)15-8-9-16(2)12-6-4-3-5-7-12;;/h11-12H,3-10,14H2,1-2H3,(H,15,17);2*1H. The van der Waals surface area contributed by atoms with Crippen molar-refractivity contribution in [3.63, 3.8) is 0 Å². The smallest absolute Gasteiger partial charge is 0.221 e. The number of nitrogens with two attached hydrogens (primary N) is 1. The maximum absolute atomic E-state index is 11.4. The molecule has 116 valence electrons. The normalized spacial score (nSPS) is 17.3. The molecular weight excluding hydrogens is 285 g/mol. The molecule has 0 heterocycles. The molecule has 0 aromatic carbocycles. The van der Waals surface area contributed by atoms with E-state index in [4.69, 9.17) is 5.73 Å². The molecule has 0 aromatic rings. The highest BCUT2D eigenvalue weighted by Gasteiger charge is 2.17. The molecule has 0 aliphatic heterocycles. The number of amides is 1. The van der Waals surface area contributed by atoms with Gasteiger partial charge in [0.05, 0.1) is 0 Å². The zero-order valence-electron chi connectivity index (χ0n) is 12.1. The van der Waals surface area contributed by atoms with Crippen LogP contribution in [0.1, 0.15) is 45.4 Å². The van der Waals surface area contributed by atoms with E-state index >= 15 is 0 Å². The number of likely N-dealkylation sites (N-methyl/N-ethyl adjacent to an activating group) is 1. The predicted octanol–water partition coefficient (Wildman–Crippen LogP) is 1.95. The highest BCUT2D eigenvalue weighted by Crippen LogP contribution is 2.21. The molecule has 19 heavy (non-hydrogen) atoms. The summed E-state index contributed by atoms with van der Waals surface area (Å²) in [6.45, 7) is 3.53. The maximum Gasteiger partial charge on any atom is 0.221 e. The summed E-state index contributed by atoms with van der Waals surface area (Å²) in [7, 11) is 2.16. The monoisotopic (exact) mass is 313 g/mol. The summed E-state index contributed by atoms with van der Waals surface area (Å²) >= 11 is 0. The summed E-state index contributed by atoms with van der Waals surface area (Å²) in [6.07, 6.45) is 7.13. The summed E-state index contributed by atoms with van der Waals surface area (Å²) in [5.74, 6) is 0.0667. The van der Waals surface area contributed by atoms with Crippen LogP contribution in [0.25, 0.3) is 0 Å². The molecule has 4 nitrogen and oxygen atoms in total. The Balaban J connectivity index is 0. The van der Waals surface area contributed by atoms with Gasteiger partial charge in [0.2, 0.25) is 5.91 Å². The van der Waals surface area contributed by atoms with Gasteiger partial charge in [0, 0.05) is 31.6 Å². The van der Waals surface area contributed by atoms with Crippen LogP contribution in [-0.2, 0) is 4.79 Å². The van der Waals surface area contributed by atoms with Gasteiger partial charge < -0.3 is 16.0 Å². The average Bonchev–Trinajstić information content (AvgIpc) is 2.29. The van der Waals surface area contributed by atoms with Crippen molar-refractivity contribution >= 4 is 30.7 Å². The van der Waals surface area contributed by atoms with Crippen LogP contribution in [0.15, 0.2) is 0 Å². The predicted molar refractivity (Wildman–Crippen MR) is 85.3 cm³/mol. The van der Waals surface area contributed by atoms with Crippen LogP contribution in [0.3, 0.4) is 0 Å². The number of nitrogens with one attached hydrogen (secondary N) is 1. The molecule has 3 N–H and O–H groups in total. The fourth-order valence-corrected chi connectivity index (χ4v) is 2.44. The third kappa shape index (κ3) is 9.50. The largest absolute Gasteiger partial charge is 0.355 e. The lowest BCUT2D eigenvalue weighted by Gasteiger charge is -2.31. The molecule has 0 bridgehead atoms. The second-order valence-corrected chi connectivity index (χ2v) is 5.30. The summed E-state index contributed by atoms with van der Waals surface area (Å²) in [5.41, 5.74) is 5.57. The van der Waals surface area contributed by atoms with E-state index in [-0.39, 0.29) is 36.8 Å². The van der Waals surface area contributed by atoms with Gasteiger partial charge in [-0.15, -0.1) is 24.8 Å². The van der Waals surface area contributed by atoms with Crippen LogP contribution in [-0.4, -0.2) is 43.0 Å². The Labute approximate surface area is 129 Å². The Morgan fingerprint density at radius 2 is 1.89 bits per heavy atom. The van der Waals surface area contributed by atoms with Gasteiger partial charge in [0.15, 0.2) is 0 Å². The minimum Gasteiger partial charge on any atom is -0.355 e. The fraction of sp³-hybridized carbons (Fsp3) is 0.923. The van der Waals surface area contributed by atoms with Crippen LogP contribution in [0.4, 0.5) is 0 Å². The number of hydrogen-bond acceptors (Lipinski definition) is 3. The van der Waals surface area contributed by atoms with E-state index in [0.29, 0.717) is 12.5 Å². The van der Waals surface area contributed by atoms with Crippen LogP contribution in [0, 0.1) is 0 Å². The number of rotatable bonds is 6. The second kappa shape index (κ2) is 11.8. The van der Waals surface area contributed by atoms with Crippen molar-refractivity contribution < 1.29 is 4.79 Å². The van der Waals surface area contributed by atoms with E-state index in [1.54, 1.807) is 0 Å². The van der Waals surface area contributed by atoms with E-state index in [9.17, 15) is 4.79 Å². The average molecular weight is 314 g/mol. The summed E-state index contributed by atoms with van der Waals surface area (Å²) in [6, 6.07) is 0.667. The molecule has 1 rings (SSSR count). The summed E-state index contributed by atoms with van der Waals surface area (Å²) < 4.78 is 0. The molecule has 0 radical (unpaired) electrons. The Morgan fingerprint density at radius 1 is 1.32 bits per heavy atom. The van der Waals surface area contributed by atoms with Gasteiger partial charge in [-0.25, -0.2) is 0 Å². The molecular formula is C13H29Cl2N3O. The van der Waals surface area contributed by atoms with Crippen molar-refractivity contribution in [2.75, 3.05) is 20.1 Å². The number of halogens is 2. The lowest BCUT2D eigenvalue weighted by Crippen LogP contribution is -2.40. The van der Waals surface area contributed by atoms with Gasteiger partial charge in [0.25, 0.3) is 0 Å². The van der Waals surface area contributed by atoms with Gasteiger partial charge in [0.1, 0.15) is 0 Å². The quantitative estimate of drug-likeness (QED) is 0.788. The van der Waals surface area contributed by atoms with E-state index in [1.165, 1.54) is 32.1 Å². The van der Waals surface area contributed by atoms with Gasteiger partial charge in [-0.3, -0.25) is 4.79 Å². The number of carbonyl (C=O) groups is 1. The van der Waals surface area contributed by atoms with Crippen molar-refractivity contribution in [3.8, 4) is 0 Å². The molecule has 6 heteroatoms. The zero-order valence-corrected chi connectivity index (χ0v) is 13.7. The molecule has 0 spiro atoms. The molecule has 1 fully saturated rings. The van der Waals surface area contributed by atoms with E-state index in [0.717, 1.165) is 13.1 Å². The highest BCUT2D eigenvalue weighted by molar-refractivity contribution is 5.85. The number of hydrogen-bond donors (Lipinski definition) is 2. The minimum absolute atomic E-state index is 0. The van der Waals surface area contributed by atoms with Crippen molar-refractivity contribution in [1.29, 1.82) is 0 Å². The van der Waals surface area contributed by atoms with Crippen molar-refractivity contribution in [3.05, 3.63) is 0 Å². The van der Waals surface area contributed by atoms with Crippen molar-refractivity contribution in [2.24, 2.45) is 5.73 Å². The first-order valence-electron chi connectivity index (χ1n) is 6.82. The van der Waals surface area contributed by atoms with Crippen LogP contribution in [0.5, 0.6) is 0 Å². The van der Waals surface area contributed by atoms with Crippen LogP contribution >= 0.6 is 24.8 Å². The van der Waals surface area contributed by atoms with E-state index in [1.807, 2.05) is 6.92 Å². The molecule has 1 saturated carbocycles. The maximum atomic E-state index is 11.4. The Bertz CT molecular complexity index is 234. The molecule has 1 amide bonds. The Hall–Kier alpha value is -0.0300. The first-order valence-corrected chi connectivity index (χ1v) is 6.82. The Morgan fingerprint density at radius 3 is 2.42 bits per heavy atom. The number of carbonyl (C=O) groups excluding carboxylic acids is 1. The zero-order chi connectivity index (χ0) is 12.7. The molecule has 1 unspecified atom stereocenters. The molecule has 1 atom stereocenters. The van der Waals surface area contributed by atoms with Crippen LogP contribution < -0.4 is 11.1 Å². The molecule has 0 aromatic heterocycles. The lowest BCUT2D eigenvalue weighted by atomic mass is 9.94. The number of nitrogens with zero attached hydrogens (tertiary/aromatic N) is 1. The highest BCUT2D eigenvalue weighted by atomic mass is 35.5. The van der Waals surface area contributed by atoms with E-state index < -0.39 is 0 Å². The van der Waals surface area contributed by atoms with E-state index in [2.05, 4.69) is 17.3 Å². The molecule has 0 saturated heterocycles. The Kier molecular flexibility index (Phi) is 13.2. The first-order chi connectivity index (χ1) is 8.09. The third-order valence-corrected chi connectivity index (χ3v) is 3.49. The van der Waals surface area contributed by atoms with Crippen molar-refractivity contribution in [1.82, 2.24) is 10.2 Å². The minimum atomic E-state index is -0.0499. The SMILES string of the molecule is CC(N)CC(=O)NCCN(C)C1CCCCC1.Cl.Cl. The topological polar surface area (TPSA) is 58.4 Å². The summed E-state index contributed by atoms with van der Waals surface area (Å²) in [5, 5.41) is 2.92. The molecule has 1 aliphatic rings. The fourth-order valence-electron chi connectivity index (χ4n) is 2.44. The van der Waals surface area contributed by atoms with Gasteiger partial charge in [-0.2, -0.15) is 0 Å². The second-order valence-electron chi connectivity index (χ2n) is 5.30. The summed E-state index contributed by atoms with van der Waals surface area (Å²) in [4.78, 5) is 13.8. The third-order valence-electron chi connectivity index (χ3n) is 3.49. The van der Waals surface area contributed by atoms with Gasteiger partial charge in [-0.05, 0) is 26.8 Å². The van der Waals surface area contributed by atoms with Crippen LogP contribution in [0.2, 0.25) is 0 Å².